The van der Waals surface area contributed by atoms with Crippen LogP contribution in [-0.2, 0) is 11.2 Å². The second-order valence-corrected chi connectivity index (χ2v) is 6.54. The Morgan fingerprint density at radius 3 is 2.92 bits per heavy atom. The lowest BCUT2D eigenvalue weighted by atomic mass is 10.1. The quantitative estimate of drug-likeness (QED) is 0.703. The lowest BCUT2D eigenvalue weighted by Gasteiger charge is -2.08. The molecule has 1 aromatic heterocycles. The standard InChI is InChI=1S/C18H15ClFNO2S/c19-15-9-13(20)5-6-16(15)23-10-18(22)21-8-7-12-11-24-17-4-2-1-3-14(12)17/h1-6,9,11H,7-8,10H2,(H,21,22). The Bertz CT molecular complexity index is 865. The van der Waals surface area contributed by atoms with Crippen LogP contribution in [0.1, 0.15) is 5.56 Å². The Hall–Kier alpha value is -2.11. The van der Waals surface area contributed by atoms with E-state index in [-0.39, 0.29) is 23.3 Å². The fourth-order valence-electron chi connectivity index (χ4n) is 2.35. The minimum atomic E-state index is -0.445. The molecule has 1 amide bonds. The summed E-state index contributed by atoms with van der Waals surface area (Å²) in [7, 11) is 0. The summed E-state index contributed by atoms with van der Waals surface area (Å²) in [5.41, 5.74) is 1.22. The highest BCUT2D eigenvalue weighted by molar-refractivity contribution is 7.17. The van der Waals surface area contributed by atoms with Crippen molar-refractivity contribution in [3.8, 4) is 5.75 Å². The van der Waals surface area contributed by atoms with Gasteiger partial charge in [0.05, 0.1) is 5.02 Å². The van der Waals surface area contributed by atoms with Crippen LogP contribution in [0.4, 0.5) is 4.39 Å². The van der Waals surface area contributed by atoms with Crippen molar-refractivity contribution in [3.63, 3.8) is 0 Å². The maximum absolute atomic E-state index is 12.9. The van der Waals surface area contributed by atoms with Crippen molar-refractivity contribution >= 4 is 38.9 Å². The number of ether oxygens (including phenoxy) is 1. The molecular formula is C18H15ClFNO2S. The number of carbonyl (C=O) groups excluding carboxylic acids is 1. The lowest BCUT2D eigenvalue weighted by Crippen LogP contribution is -2.30. The fourth-order valence-corrected chi connectivity index (χ4v) is 3.57. The molecule has 1 N–H and O–H groups in total. The van der Waals surface area contributed by atoms with Crippen molar-refractivity contribution in [2.24, 2.45) is 0 Å². The van der Waals surface area contributed by atoms with Crippen molar-refractivity contribution < 1.29 is 13.9 Å². The average molecular weight is 364 g/mol. The van der Waals surface area contributed by atoms with Crippen LogP contribution < -0.4 is 10.1 Å². The Balaban J connectivity index is 1.47. The lowest BCUT2D eigenvalue weighted by molar-refractivity contribution is -0.123. The molecule has 0 atom stereocenters. The number of nitrogens with one attached hydrogen (secondary N) is 1. The van der Waals surface area contributed by atoms with Gasteiger partial charge >= 0.3 is 0 Å². The third-order valence-corrected chi connectivity index (χ3v) is 4.84. The Kier molecular flexibility index (Phi) is 5.33. The first-order valence-electron chi connectivity index (χ1n) is 7.43. The molecule has 0 spiro atoms. The number of fused-ring (bicyclic) bond motifs is 1. The van der Waals surface area contributed by atoms with Gasteiger partial charge in [0.25, 0.3) is 5.91 Å². The van der Waals surface area contributed by atoms with Gasteiger partial charge in [-0.15, -0.1) is 11.3 Å². The van der Waals surface area contributed by atoms with Gasteiger partial charge in [-0.3, -0.25) is 4.79 Å². The van der Waals surface area contributed by atoms with Crippen molar-refractivity contribution in [1.82, 2.24) is 5.32 Å². The third kappa shape index (κ3) is 4.04. The van der Waals surface area contributed by atoms with E-state index in [0.29, 0.717) is 6.54 Å². The molecule has 0 fully saturated rings. The zero-order valence-corrected chi connectivity index (χ0v) is 14.3. The van der Waals surface area contributed by atoms with Crippen LogP contribution in [0.3, 0.4) is 0 Å². The van der Waals surface area contributed by atoms with E-state index in [0.717, 1.165) is 12.5 Å². The van der Waals surface area contributed by atoms with Crippen LogP contribution in [0.15, 0.2) is 47.8 Å². The largest absolute Gasteiger partial charge is 0.482 e. The predicted octanol–water partition coefficient (Wildman–Crippen LogP) is 4.43. The van der Waals surface area contributed by atoms with Gasteiger partial charge in [-0.25, -0.2) is 4.39 Å². The van der Waals surface area contributed by atoms with Crippen LogP contribution in [0, 0.1) is 5.82 Å². The topological polar surface area (TPSA) is 38.3 Å². The van der Waals surface area contributed by atoms with Gasteiger partial charge in [0.15, 0.2) is 6.61 Å². The highest BCUT2D eigenvalue weighted by Crippen LogP contribution is 2.26. The molecule has 0 saturated carbocycles. The molecule has 2 aromatic carbocycles. The molecular weight excluding hydrogens is 349 g/mol. The summed E-state index contributed by atoms with van der Waals surface area (Å²) in [4.78, 5) is 11.8. The summed E-state index contributed by atoms with van der Waals surface area (Å²) in [6.45, 7) is 0.371. The Morgan fingerprint density at radius 1 is 1.25 bits per heavy atom. The highest BCUT2D eigenvalue weighted by Gasteiger charge is 2.08. The van der Waals surface area contributed by atoms with E-state index in [4.69, 9.17) is 16.3 Å². The molecule has 3 rings (SSSR count). The molecule has 0 aliphatic rings. The molecule has 0 unspecified atom stereocenters. The molecule has 0 aliphatic heterocycles. The Labute approximate surface area is 148 Å². The maximum atomic E-state index is 12.9. The Morgan fingerprint density at radius 2 is 2.08 bits per heavy atom. The first-order chi connectivity index (χ1) is 11.6. The van der Waals surface area contributed by atoms with Crippen LogP contribution in [0.2, 0.25) is 5.02 Å². The number of thiophene rings is 1. The molecule has 3 aromatic rings. The second-order valence-electron chi connectivity index (χ2n) is 5.22. The number of halogens is 2. The minimum Gasteiger partial charge on any atom is -0.482 e. The molecule has 124 valence electrons. The smallest absolute Gasteiger partial charge is 0.257 e. The van der Waals surface area contributed by atoms with E-state index in [1.165, 1.54) is 27.8 Å². The predicted molar refractivity (Wildman–Crippen MR) is 95.4 cm³/mol. The maximum Gasteiger partial charge on any atom is 0.257 e. The average Bonchev–Trinajstić information content (AvgIpc) is 2.97. The number of hydrogen-bond donors (Lipinski definition) is 1. The first kappa shape index (κ1) is 16.7. The zero-order valence-electron chi connectivity index (χ0n) is 12.7. The van der Waals surface area contributed by atoms with E-state index >= 15 is 0 Å². The van der Waals surface area contributed by atoms with Gasteiger partial charge in [-0.2, -0.15) is 0 Å². The van der Waals surface area contributed by atoms with Crippen molar-refractivity contribution in [3.05, 3.63) is 64.2 Å². The van der Waals surface area contributed by atoms with E-state index < -0.39 is 5.82 Å². The third-order valence-electron chi connectivity index (χ3n) is 3.53. The van der Waals surface area contributed by atoms with Crippen molar-refractivity contribution in [1.29, 1.82) is 0 Å². The normalized spacial score (nSPS) is 10.8. The number of amides is 1. The van der Waals surface area contributed by atoms with Gasteiger partial charge < -0.3 is 10.1 Å². The summed E-state index contributed by atoms with van der Waals surface area (Å²) in [6, 6.07) is 12.0. The number of hydrogen-bond acceptors (Lipinski definition) is 3. The molecule has 0 bridgehead atoms. The van der Waals surface area contributed by atoms with Crippen LogP contribution in [0.25, 0.3) is 10.1 Å². The summed E-state index contributed by atoms with van der Waals surface area (Å²) in [5.74, 6) is -0.397. The number of benzene rings is 2. The van der Waals surface area contributed by atoms with E-state index in [9.17, 15) is 9.18 Å². The van der Waals surface area contributed by atoms with Gasteiger partial charge in [0.2, 0.25) is 0 Å². The van der Waals surface area contributed by atoms with E-state index in [1.807, 2.05) is 12.1 Å². The van der Waals surface area contributed by atoms with Crippen LogP contribution in [-0.4, -0.2) is 19.1 Å². The molecule has 0 saturated heterocycles. The molecule has 0 aliphatic carbocycles. The molecule has 0 radical (unpaired) electrons. The first-order valence-corrected chi connectivity index (χ1v) is 8.69. The summed E-state index contributed by atoms with van der Waals surface area (Å²) in [6.07, 6.45) is 0.757. The van der Waals surface area contributed by atoms with E-state index in [2.05, 4.69) is 22.8 Å². The minimum absolute atomic E-state index is 0.146. The van der Waals surface area contributed by atoms with Crippen molar-refractivity contribution in [2.75, 3.05) is 13.2 Å². The van der Waals surface area contributed by atoms with Crippen LogP contribution >= 0.6 is 22.9 Å². The van der Waals surface area contributed by atoms with Gasteiger partial charge in [0, 0.05) is 11.2 Å². The van der Waals surface area contributed by atoms with E-state index in [1.54, 1.807) is 11.3 Å². The fraction of sp³-hybridized carbons (Fsp3) is 0.167. The summed E-state index contributed by atoms with van der Waals surface area (Å²) >= 11 is 7.55. The molecule has 24 heavy (non-hydrogen) atoms. The van der Waals surface area contributed by atoms with Gasteiger partial charge in [-0.05, 0) is 47.0 Å². The molecule has 1 heterocycles. The molecule has 3 nitrogen and oxygen atoms in total. The number of carbonyl (C=O) groups is 1. The monoisotopic (exact) mass is 363 g/mol. The summed E-state index contributed by atoms with van der Waals surface area (Å²) < 4.78 is 19.5. The van der Waals surface area contributed by atoms with Crippen LogP contribution in [0.5, 0.6) is 5.75 Å². The molecule has 6 heteroatoms. The summed E-state index contributed by atoms with van der Waals surface area (Å²) in [5, 5.41) is 6.30. The zero-order chi connectivity index (χ0) is 16.9. The SMILES string of the molecule is O=C(COc1ccc(F)cc1Cl)NCCc1csc2ccccc12. The number of rotatable bonds is 6. The van der Waals surface area contributed by atoms with Crippen molar-refractivity contribution in [2.45, 2.75) is 6.42 Å². The highest BCUT2D eigenvalue weighted by atomic mass is 35.5. The second kappa shape index (κ2) is 7.64. The van der Waals surface area contributed by atoms with Gasteiger partial charge in [-0.1, -0.05) is 29.8 Å². The van der Waals surface area contributed by atoms with Gasteiger partial charge in [0.1, 0.15) is 11.6 Å².